The molecule has 0 spiro atoms. The van der Waals surface area contributed by atoms with Gasteiger partial charge in [0.15, 0.2) is 0 Å². The third-order valence-electron chi connectivity index (χ3n) is 4.28. The SMILES string of the molecule is Cn1cc(-c2cccc(CNc3cc(C#N)nc4ccccc34)c2)cn1. The summed E-state index contributed by atoms with van der Waals surface area (Å²) in [5.74, 6) is 0. The highest BCUT2D eigenvalue weighted by molar-refractivity contribution is 5.91. The average molecular weight is 339 g/mol. The van der Waals surface area contributed by atoms with Gasteiger partial charge in [-0.05, 0) is 29.3 Å². The van der Waals surface area contributed by atoms with Gasteiger partial charge in [0.2, 0.25) is 0 Å². The minimum Gasteiger partial charge on any atom is -0.380 e. The molecule has 0 bridgehead atoms. The fourth-order valence-electron chi connectivity index (χ4n) is 3.01. The molecule has 0 saturated carbocycles. The van der Waals surface area contributed by atoms with E-state index >= 15 is 0 Å². The third-order valence-corrected chi connectivity index (χ3v) is 4.28. The highest BCUT2D eigenvalue weighted by Gasteiger charge is 2.06. The maximum Gasteiger partial charge on any atom is 0.143 e. The van der Waals surface area contributed by atoms with Crippen molar-refractivity contribution in [2.45, 2.75) is 6.54 Å². The molecule has 0 unspecified atom stereocenters. The van der Waals surface area contributed by atoms with E-state index in [1.165, 1.54) is 0 Å². The predicted octanol–water partition coefficient (Wildman–Crippen LogP) is 4.12. The molecule has 0 radical (unpaired) electrons. The summed E-state index contributed by atoms with van der Waals surface area (Å²) >= 11 is 0. The Morgan fingerprint density at radius 3 is 2.77 bits per heavy atom. The fraction of sp³-hybridized carbons (Fsp3) is 0.0952. The number of aryl methyl sites for hydroxylation is 1. The van der Waals surface area contributed by atoms with Crippen LogP contribution >= 0.6 is 0 Å². The average Bonchev–Trinajstić information content (AvgIpc) is 3.12. The van der Waals surface area contributed by atoms with E-state index in [4.69, 9.17) is 0 Å². The summed E-state index contributed by atoms with van der Waals surface area (Å²) in [5.41, 5.74) is 5.53. The van der Waals surface area contributed by atoms with Crippen molar-refractivity contribution in [1.29, 1.82) is 5.26 Å². The molecule has 2 aromatic heterocycles. The Bertz CT molecular complexity index is 1120. The number of pyridine rings is 1. The monoisotopic (exact) mass is 339 g/mol. The first kappa shape index (κ1) is 15.9. The Morgan fingerprint density at radius 1 is 1.08 bits per heavy atom. The lowest BCUT2D eigenvalue weighted by Gasteiger charge is -2.11. The summed E-state index contributed by atoms with van der Waals surface area (Å²) in [6, 6.07) is 20.1. The molecule has 2 heterocycles. The predicted molar refractivity (Wildman–Crippen MR) is 102 cm³/mol. The van der Waals surface area contributed by atoms with Crippen molar-refractivity contribution in [3.05, 3.63) is 78.2 Å². The molecular weight excluding hydrogens is 322 g/mol. The van der Waals surface area contributed by atoms with Crippen LogP contribution in [0.5, 0.6) is 0 Å². The van der Waals surface area contributed by atoms with Crippen molar-refractivity contribution in [2.75, 3.05) is 5.32 Å². The van der Waals surface area contributed by atoms with E-state index in [0.29, 0.717) is 12.2 Å². The van der Waals surface area contributed by atoms with Crippen LogP contribution in [0.4, 0.5) is 5.69 Å². The molecular formula is C21H17N5. The summed E-state index contributed by atoms with van der Waals surface area (Å²) in [6.07, 6.45) is 3.87. The van der Waals surface area contributed by atoms with Crippen molar-refractivity contribution in [2.24, 2.45) is 7.05 Å². The van der Waals surface area contributed by atoms with Gasteiger partial charge in [-0.1, -0.05) is 36.4 Å². The van der Waals surface area contributed by atoms with Crippen molar-refractivity contribution < 1.29 is 0 Å². The minimum atomic E-state index is 0.412. The van der Waals surface area contributed by atoms with Gasteiger partial charge in [-0.15, -0.1) is 0 Å². The Labute approximate surface area is 151 Å². The Morgan fingerprint density at radius 2 is 1.96 bits per heavy atom. The van der Waals surface area contributed by atoms with Crippen molar-refractivity contribution in [1.82, 2.24) is 14.8 Å². The molecule has 0 saturated heterocycles. The van der Waals surface area contributed by atoms with Crippen molar-refractivity contribution >= 4 is 16.6 Å². The Balaban J connectivity index is 1.62. The first-order valence-electron chi connectivity index (χ1n) is 8.34. The van der Waals surface area contributed by atoms with E-state index < -0.39 is 0 Å². The Hall–Kier alpha value is -3.65. The number of fused-ring (bicyclic) bond motifs is 1. The summed E-state index contributed by atoms with van der Waals surface area (Å²) in [7, 11) is 1.91. The second-order valence-electron chi connectivity index (χ2n) is 6.14. The standard InChI is InChI=1S/C21H17N5/c1-26-14-17(13-24-26)16-6-4-5-15(9-16)12-23-21-10-18(11-22)25-20-8-3-2-7-19(20)21/h2-10,13-14H,12H2,1H3,(H,23,25). The third kappa shape index (κ3) is 3.13. The lowest BCUT2D eigenvalue weighted by Crippen LogP contribution is -2.01. The molecule has 0 aliphatic heterocycles. The first-order valence-corrected chi connectivity index (χ1v) is 8.34. The fourth-order valence-corrected chi connectivity index (χ4v) is 3.01. The number of rotatable bonds is 4. The minimum absolute atomic E-state index is 0.412. The number of nitrogens with zero attached hydrogens (tertiary/aromatic N) is 4. The highest BCUT2D eigenvalue weighted by Crippen LogP contribution is 2.24. The van der Waals surface area contributed by atoms with Crippen LogP contribution in [-0.2, 0) is 13.6 Å². The van der Waals surface area contributed by atoms with Gasteiger partial charge in [-0.25, -0.2) is 4.98 Å². The molecule has 5 nitrogen and oxygen atoms in total. The van der Waals surface area contributed by atoms with E-state index in [1.807, 2.05) is 49.8 Å². The van der Waals surface area contributed by atoms with Crippen LogP contribution < -0.4 is 5.32 Å². The number of para-hydroxylation sites is 1. The molecule has 1 N–H and O–H groups in total. The van der Waals surface area contributed by atoms with Crippen LogP contribution in [0.25, 0.3) is 22.0 Å². The molecule has 126 valence electrons. The maximum atomic E-state index is 9.22. The zero-order chi connectivity index (χ0) is 17.9. The topological polar surface area (TPSA) is 66.5 Å². The molecule has 26 heavy (non-hydrogen) atoms. The van der Waals surface area contributed by atoms with Gasteiger partial charge in [0.25, 0.3) is 0 Å². The van der Waals surface area contributed by atoms with Gasteiger partial charge in [0, 0.05) is 36.4 Å². The molecule has 4 rings (SSSR count). The summed E-state index contributed by atoms with van der Waals surface area (Å²) in [5, 5.41) is 17.9. The zero-order valence-electron chi connectivity index (χ0n) is 14.3. The summed E-state index contributed by atoms with van der Waals surface area (Å²) in [6.45, 7) is 0.660. The largest absolute Gasteiger partial charge is 0.380 e. The first-order chi connectivity index (χ1) is 12.7. The smallest absolute Gasteiger partial charge is 0.143 e. The number of benzene rings is 2. The second kappa shape index (κ2) is 6.69. The second-order valence-corrected chi connectivity index (χ2v) is 6.14. The normalized spacial score (nSPS) is 10.6. The molecule has 0 aliphatic rings. The van der Waals surface area contributed by atoms with Crippen LogP contribution in [0.2, 0.25) is 0 Å². The van der Waals surface area contributed by atoms with Gasteiger partial charge in [0.05, 0.1) is 11.7 Å². The lowest BCUT2D eigenvalue weighted by atomic mass is 10.1. The number of nitrogens with one attached hydrogen (secondary N) is 1. The van der Waals surface area contributed by atoms with Crippen LogP contribution in [0.3, 0.4) is 0 Å². The number of hydrogen-bond donors (Lipinski definition) is 1. The number of nitriles is 1. The van der Waals surface area contributed by atoms with Gasteiger partial charge >= 0.3 is 0 Å². The van der Waals surface area contributed by atoms with E-state index in [2.05, 4.69) is 39.7 Å². The molecule has 4 aromatic rings. The zero-order valence-corrected chi connectivity index (χ0v) is 14.3. The van der Waals surface area contributed by atoms with Gasteiger partial charge in [-0.3, -0.25) is 4.68 Å². The number of hydrogen-bond acceptors (Lipinski definition) is 4. The van der Waals surface area contributed by atoms with E-state index in [1.54, 1.807) is 10.7 Å². The van der Waals surface area contributed by atoms with Crippen molar-refractivity contribution in [3.63, 3.8) is 0 Å². The van der Waals surface area contributed by atoms with Crippen molar-refractivity contribution in [3.8, 4) is 17.2 Å². The molecule has 5 heteroatoms. The van der Waals surface area contributed by atoms with Gasteiger partial charge < -0.3 is 5.32 Å². The molecule has 2 aromatic carbocycles. The quantitative estimate of drug-likeness (QED) is 0.607. The maximum absolute atomic E-state index is 9.22. The lowest BCUT2D eigenvalue weighted by molar-refractivity contribution is 0.768. The molecule has 0 aliphatic carbocycles. The molecule has 0 atom stereocenters. The van der Waals surface area contributed by atoms with Gasteiger partial charge in [-0.2, -0.15) is 10.4 Å². The molecule has 0 fully saturated rings. The van der Waals surface area contributed by atoms with Crippen LogP contribution in [-0.4, -0.2) is 14.8 Å². The highest BCUT2D eigenvalue weighted by atomic mass is 15.2. The van der Waals surface area contributed by atoms with Gasteiger partial charge in [0.1, 0.15) is 11.8 Å². The molecule has 0 amide bonds. The number of aromatic nitrogens is 3. The summed E-state index contributed by atoms with van der Waals surface area (Å²) < 4.78 is 1.80. The number of anilines is 1. The van der Waals surface area contributed by atoms with E-state index in [-0.39, 0.29) is 0 Å². The van der Waals surface area contributed by atoms with E-state index in [9.17, 15) is 5.26 Å². The van der Waals surface area contributed by atoms with Crippen LogP contribution in [0, 0.1) is 11.3 Å². The Kier molecular flexibility index (Phi) is 4.08. The van der Waals surface area contributed by atoms with Crippen LogP contribution in [0.1, 0.15) is 11.3 Å². The van der Waals surface area contributed by atoms with Crippen LogP contribution in [0.15, 0.2) is 67.0 Å². The van der Waals surface area contributed by atoms with E-state index in [0.717, 1.165) is 33.3 Å². The summed E-state index contributed by atoms with van der Waals surface area (Å²) in [4.78, 5) is 4.36.